The first-order valence-electron chi connectivity index (χ1n) is 5.82. The third-order valence-electron chi connectivity index (χ3n) is 2.83. The van der Waals surface area contributed by atoms with Gasteiger partial charge in [-0.2, -0.15) is 0 Å². The van der Waals surface area contributed by atoms with Crippen molar-refractivity contribution in [2.45, 2.75) is 57.5 Å². The fourth-order valence-corrected chi connectivity index (χ4v) is 1.88. The Labute approximate surface area is 92.5 Å². The van der Waals surface area contributed by atoms with E-state index in [0.717, 1.165) is 19.3 Å². The SMILES string of the molecule is C#CC(CC)NC(N)=NC1CCCCC1. The van der Waals surface area contributed by atoms with Gasteiger partial charge >= 0.3 is 0 Å². The van der Waals surface area contributed by atoms with E-state index in [0.29, 0.717) is 12.0 Å². The predicted molar refractivity (Wildman–Crippen MR) is 64.5 cm³/mol. The topological polar surface area (TPSA) is 50.4 Å². The molecule has 15 heavy (non-hydrogen) atoms. The summed E-state index contributed by atoms with van der Waals surface area (Å²) in [6, 6.07) is 0.416. The van der Waals surface area contributed by atoms with Gasteiger partial charge in [0.25, 0.3) is 0 Å². The molecule has 0 saturated heterocycles. The predicted octanol–water partition coefficient (Wildman–Crippen LogP) is 1.64. The van der Waals surface area contributed by atoms with E-state index in [1.165, 1.54) is 19.3 Å². The van der Waals surface area contributed by atoms with E-state index >= 15 is 0 Å². The lowest BCUT2D eigenvalue weighted by Crippen LogP contribution is -2.40. The molecule has 0 amide bonds. The van der Waals surface area contributed by atoms with Crippen molar-refractivity contribution in [3.05, 3.63) is 0 Å². The van der Waals surface area contributed by atoms with Crippen LogP contribution in [-0.2, 0) is 0 Å². The molecular weight excluding hydrogens is 186 g/mol. The quantitative estimate of drug-likeness (QED) is 0.420. The van der Waals surface area contributed by atoms with Crippen LogP contribution in [-0.4, -0.2) is 18.0 Å². The molecule has 1 atom stereocenters. The van der Waals surface area contributed by atoms with Crippen molar-refractivity contribution < 1.29 is 0 Å². The number of nitrogens with zero attached hydrogens (tertiary/aromatic N) is 1. The second-order valence-corrected chi connectivity index (χ2v) is 4.08. The van der Waals surface area contributed by atoms with Gasteiger partial charge in [-0.1, -0.05) is 32.1 Å². The van der Waals surface area contributed by atoms with Crippen molar-refractivity contribution in [1.29, 1.82) is 0 Å². The Morgan fingerprint density at radius 2 is 2.20 bits per heavy atom. The molecule has 1 aliphatic carbocycles. The summed E-state index contributed by atoms with van der Waals surface area (Å²) in [5.74, 6) is 3.15. The van der Waals surface area contributed by atoms with Crippen LogP contribution in [0, 0.1) is 12.3 Å². The number of hydrogen-bond donors (Lipinski definition) is 2. The van der Waals surface area contributed by atoms with E-state index in [-0.39, 0.29) is 6.04 Å². The lowest BCUT2D eigenvalue weighted by Gasteiger charge is -2.19. The molecule has 0 bridgehead atoms. The molecule has 1 rings (SSSR count). The third kappa shape index (κ3) is 4.24. The van der Waals surface area contributed by atoms with Crippen molar-refractivity contribution in [1.82, 2.24) is 5.32 Å². The van der Waals surface area contributed by atoms with Gasteiger partial charge in [0.15, 0.2) is 5.96 Å². The lowest BCUT2D eigenvalue weighted by molar-refractivity contribution is 0.441. The highest BCUT2D eigenvalue weighted by atomic mass is 15.1. The maximum atomic E-state index is 5.80. The van der Waals surface area contributed by atoms with Gasteiger partial charge < -0.3 is 11.1 Å². The minimum absolute atomic E-state index is 0.0114. The van der Waals surface area contributed by atoms with Crippen LogP contribution in [0.15, 0.2) is 4.99 Å². The van der Waals surface area contributed by atoms with E-state index < -0.39 is 0 Å². The molecule has 0 aromatic carbocycles. The summed E-state index contributed by atoms with van der Waals surface area (Å²) in [5.41, 5.74) is 5.80. The molecule has 0 heterocycles. The van der Waals surface area contributed by atoms with Gasteiger partial charge in [-0.15, -0.1) is 6.42 Å². The van der Waals surface area contributed by atoms with Crippen LogP contribution in [0.5, 0.6) is 0 Å². The van der Waals surface area contributed by atoms with E-state index in [9.17, 15) is 0 Å². The van der Waals surface area contributed by atoms with Crippen molar-refractivity contribution in [3.8, 4) is 12.3 Å². The maximum Gasteiger partial charge on any atom is 0.189 e. The molecular formula is C12H21N3. The average molecular weight is 207 g/mol. The lowest BCUT2D eigenvalue weighted by atomic mass is 9.96. The molecule has 0 radical (unpaired) electrons. The Balaban J connectivity index is 2.40. The number of nitrogens with one attached hydrogen (secondary N) is 1. The van der Waals surface area contributed by atoms with E-state index in [1.54, 1.807) is 0 Å². The highest BCUT2D eigenvalue weighted by molar-refractivity contribution is 5.78. The van der Waals surface area contributed by atoms with Gasteiger partial charge in [0, 0.05) is 0 Å². The molecule has 3 nitrogen and oxygen atoms in total. The molecule has 0 aromatic heterocycles. The van der Waals surface area contributed by atoms with Crippen LogP contribution in [0.25, 0.3) is 0 Å². The zero-order chi connectivity index (χ0) is 11.1. The van der Waals surface area contributed by atoms with Crippen molar-refractivity contribution in [2.75, 3.05) is 0 Å². The van der Waals surface area contributed by atoms with Gasteiger partial charge in [0.2, 0.25) is 0 Å². The summed E-state index contributed by atoms with van der Waals surface area (Å²) < 4.78 is 0. The molecule has 1 fully saturated rings. The summed E-state index contributed by atoms with van der Waals surface area (Å²) in [7, 11) is 0. The molecule has 84 valence electrons. The Morgan fingerprint density at radius 1 is 1.53 bits per heavy atom. The smallest absolute Gasteiger partial charge is 0.189 e. The second kappa shape index (κ2) is 6.34. The van der Waals surface area contributed by atoms with Crippen LogP contribution in [0.3, 0.4) is 0 Å². The highest BCUT2D eigenvalue weighted by Crippen LogP contribution is 2.19. The first-order valence-corrected chi connectivity index (χ1v) is 5.82. The second-order valence-electron chi connectivity index (χ2n) is 4.08. The largest absolute Gasteiger partial charge is 0.370 e. The van der Waals surface area contributed by atoms with E-state index in [1.807, 2.05) is 6.92 Å². The zero-order valence-corrected chi connectivity index (χ0v) is 9.50. The number of rotatable bonds is 3. The molecule has 1 aliphatic rings. The van der Waals surface area contributed by atoms with Crippen molar-refractivity contribution >= 4 is 5.96 Å². The zero-order valence-electron chi connectivity index (χ0n) is 9.50. The normalized spacial score (nSPS) is 20.7. The molecule has 3 N–H and O–H groups in total. The third-order valence-corrected chi connectivity index (χ3v) is 2.83. The number of nitrogens with two attached hydrogens (primary N) is 1. The summed E-state index contributed by atoms with van der Waals surface area (Å²) >= 11 is 0. The van der Waals surface area contributed by atoms with Gasteiger partial charge in [-0.05, 0) is 19.3 Å². The van der Waals surface area contributed by atoms with Gasteiger partial charge in [-0.25, -0.2) is 0 Å². The summed E-state index contributed by atoms with van der Waals surface area (Å²) in [6.45, 7) is 2.03. The van der Waals surface area contributed by atoms with Crippen LogP contribution < -0.4 is 11.1 Å². The molecule has 0 spiro atoms. The molecule has 3 heteroatoms. The van der Waals surface area contributed by atoms with E-state index in [2.05, 4.69) is 16.2 Å². The standard InChI is InChI=1S/C12H21N3/c1-3-10(4-2)14-12(13)15-11-8-6-5-7-9-11/h1,10-11H,4-9H2,2H3,(H3,13,14,15). The van der Waals surface area contributed by atoms with Crippen molar-refractivity contribution in [2.24, 2.45) is 10.7 Å². The van der Waals surface area contributed by atoms with Crippen LogP contribution >= 0.6 is 0 Å². The van der Waals surface area contributed by atoms with Crippen LogP contribution in [0.4, 0.5) is 0 Å². The maximum absolute atomic E-state index is 5.80. The van der Waals surface area contributed by atoms with Crippen molar-refractivity contribution in [3.63, 3.8) is 0 Å². The summed E-state index contributed by atoms with van der Waals surface area (Å²) in [6.07, 6.45) is 12.4. The fraction of sp³-hybridized carbons (Fsp3) is 0.750. The fourth-order valence-electron chi connectivity index (χ4n) is 1.88. The monoisotopic (exact) mass is 207 g/mol. The first kappa shape index (κ1) is 11.9. The number of guanidine groups is 1. The van der Waals surface area contributed by atoms with Gasteiger partial charge in [-0.3, -0.25) is 4.99 Å². The van der Waals surface area contributed by atoms with Crippen LogP contribution in [0.1, 0.15) is 45.4 Å². The Morgan fingerprint density at radius 3 is 2.73 bits per heavy atom. The average Bonchev–Trinajstić information content (AvgIpc) is 2.27. The Bertz CT molecular complexity index is 246. The van der Waals surface area contributed by atoms with Gasteiger partial charge in [0.05, 0.1) is 12.1 Å². The Kier molecular flexibility index (Phi) is 5.03. The minimum atomic E-state index is 0.0114. The first-order chi connectivity index (χ1) is 7.26. The number of aliphatic imine (C=N–C) groups is 1. The molecule has 1 unspecified atom stereocenters. The molecule has 1 saturated carbocycles. The molecule has 0 aromatic rings. The highest BCUT2D eigenvalue weighted by Gasteiger charge is 2.12. The minimum Gasteiger partial charge on any atom is -0.370 e. The molecule has 0 aliphatic heterocycles. The van der Waals surface area contributed by atoms with Gasteiger partial charge in [0.1, 0.15) is 0 Å². The Hall–Kier alpha value is -1.17. The van der Waals surface area contributed by atoms with E-state index in [4.69, 9.17) is 12.2 Å². The summed E-state index contributed by atoms with van der Waals surface area (Å²) in [5, 5.41) is 3.06. The van der Waals surface area contributed by atoms with Crippen LogP contribution in [0.2, 0.25) is 0 Å². The number of terminal acetylenes is 1. The summed E-state index contributed by atoms with van der Waals surface area (Å²) in [4.78, 5) is 4.46. The number of hydrogen-bond acceptors (Lipinski definition) is 1.